The highest BCUT2D eigenvalue weighted by molar-refractivity contribution is 5.76. The number of rotatable bonds is 4. The fraction of sp³-hybridized carbons (Fsp3) is 0.696. The minimum Gasteiger partial charge on any atom is -0.396 e. The average molecular weight is 386 g/mol. The quantitative estimate of drug-likeness (QED) is 0.876. The first-order chi connectivity index (χ1) is 13.7. The lowest BCUT2D eigenvalue weighted by Gasteiger charge is -2.40. The average Bonchev–Trinajstić information content (AvgIpc) is 2.95. The standard InChI is InChI=1S/C23H35N3O2/c1-24-21-11-7-8-12-22(21)26(23(24)28)20-13-14-25(16-19(20)17-27)15-18-9-5-3-2-4-6-10-18/h7-8,11-12,18-20,27H,2-6,9-10,13-17H2,1H3/t19-,20+/m0/s1. The van der Waals surface area contributed by atoms with Gasteiger partial charge in [-0.1, -0.05) is 44.2 Å². The molecule has 1 saturated heterocycles. The SMILES string of the molecule is Cn1c(=O)n([C@@H]2CCN(CC3CCCCCCC3)C[C@H]2CO)c2ccccc21. The summed E-state index contributed by atoms with van der Waals surface area (Å²) in [5, 5.41) is 10.1. The van der Waals surface area contributed by atoms with E-state index in [1.165, 1.54) is 44.9 Å². The van der Waals surface area contributed by atoms with Gasteiger partial charge in [-0.3, -0.25) is 9.13 Å². The van der Waals surface area contributed by atoms with Gasteiger partial charge in [-0.25, -0.2) is 4.79 Å². The van der Waals surface area contributed by atoms with E-state index in [-0.39, 0.29) is 24.3 Å². The van der Waals surface area contributed by atoms with Crippen LogP contribution in [-0.4, -0.2) is 45.4 Å². The van der Waals surface area contributed by atoms with Gasteiger partial charge in [0.1, 0.15) is 0 Å². The summed E-state index contributed by atoms with van der Waals surface area (Å²) in [5.74, 6) is 0.919. The van der Waals surface area contributed by atoms with Gasteiger partial charge in [0, 0.05) is 45.2 Å². The van der Waals surface area contributed by atoms with Crippen LogP contribution in [0.1, 0.15) is 57.4 Å². The Labute approximate surface area is 168 Å². The molecule has 0 spiro atoms. The van der Waals surface area contributed by atoms with Crippen LogP contribution in [0.5, 0.6) is 0 Å². The molecule has 2 heterocycles. The number of aromatic nitrogens is 2. The lowest BCUT2D eigenvalue weighted by atomic mass is 9.88. The molecule has 0 unspecified atom stereocenters. The molecule has 1 aromatic carbocycles. The summed E-state index contributed by atoms with van der Waals surface area (Å²) in [6.07, 6.45) is 10.6. The molecule has 154 valence electrons. The molecule has 0 amide bonds. The first-order valence-electron chi connectivity index (χ1n) is 11.2. The monoisotopic (exact) mass is 385 g/mol. The van der Waals surface area contributed by atoms with E-state index in [0.717, 1.165) is 43.0 Å². The van der Waals surface area contributed by atoms with Crippen LogP contribution < -0.4 is 5.69 Å². The molecule has 1 N–H and O–H groups in total. The molecule has 1 saturated carbocycles. The van der Waals surface area contributed by atoms with Crippen LogP contribution >= 0.6 is 0 Å². The van der Waals surface area contributed by atoms with Gasteiger partial charge in [0.2, 0.25) is 0 Å². The highest BCUT2D eigenvalue weighted by Gasteiger charge is 2.33. The lowest BCUT2D eigenvalue weighted by Crippen LogP contribution is -2.46. The zero-order valence-electron chi connectivity index (χ0n) is 17.2. The maximum atomic E-state index is 12.9. The first kappa shape index (κ1) is 19.7. The Hall–Kier alpha value is -1.59. The number of para-hydroxylation sites is 2. The van der Waals surface area contributed by atoms with Crippen molar-refractivity contribution in [2.75, 3.05) is 26.2 Å². The Bertz CT molecular complexity index is 832. The summed E-state index contributed by atoms with van der Waals surface area (Å²) in [4.78, 5) is 15.5. The van der Waals surface area contributed by atoms with Crippen LogP contribution in [0, 0.1) is 11.8 Å². The Morgan fingerprint density at radius 1 is 1.00 bits per heavy atom. The van der Waals surface area contributed by atoms with Gasteiger partial charge >= 0.3 is 5.69 Å². The highest BCUT2D eigenvalue weighted by Crippen LogP contribution is 2.32. The molecule has 5 heteroatoms. The highest BCUT2D eigenvalue weighted by atomic mass is 16.3. The van der Waals surface area contributed by atoms with Crippen molar-refractivity contribution in [1.82, 2.24) is 14.0 Å². The summed E-state index contributed by atoms with van der Waals surface area (Å²) in [6.45, 7) is 3.22. The number of aryl methyl sites for hydroxylation is 1. The number of hydrogen-bond donors (Lipinski definition) is 1. The molecule has 1 aliphatic heterocycles. The molecule has 28 heavy (non-hydrogen) atoms. The van der Waals surface area contributed by atoms with Gasteiger partial charge in [-0.05, 0) is 37.3 Å². The Balaban J connectivity index is 1.50. The van der Waals surface area contributed by atoms with E-state index in [9.17, 15) is 9.90 Å². The minimum absolute atomic E-state index is 0.0399. The number of aliphatic hydroxyl groups is 1. The molecule has 2 aliphatic rings. The second-order valence-electron chi connectivity index (χ2n) is 8.97. The van der Waals surface area contributed by atoms with E-state index in [4.69, 9.17) is 0 Å². The van der Waals surface area contributed by atoms with Gasteiger partial charge in [0.15, 0.2) is 0 Å². The largest absolute Gasteiger partial charge is 0.396 e. The number of fused-ring (bicyclic) bond motifs is 1. The molecule has 0 bridgehead atoms. The Morgan fingerprint density at radius 3 is 2.39 bits per heavy atom. The smallest absolute Gasteiger partial charge is 0.329 e. The summed E-state index contributed by atoms with van der Waals surface area (Å²) < 4.78 is 3.69. The van der Waals surface area contributed by atoms with Crippen molar-refractivity contribution in [3.8, 4) is 0 Å². The number of nitrogens with zero attached hydrogens (tertiary/aromatic N) is 3. The lowest BCUT2D eigenvalue weighted by molar-refractivity contribution is 0.0647. The first-order valence-corrected chi connectivity index (χ1v) is 11.2. The molecule has 4 rings (SSSR count). The van der Waals surface area contributed by atoms with E-state index < -0.39 is 0 Å². The van der Waals surface area contributed by atoms with Gasteiger partial charge in [-0.2, -0.15) is 0 Å². The summed E-state index contributed by atoms with van der Waals surface area (Å²) in [5.41, 5.74) is 2.01. The maximum Gasteiger partial charge on any atom is 0.329 e. The van der Waals surface area contributed by atoms with Gasteiger partial charge in [-0.15, -0.1) is 0 Å². The molecular weight excluding hydrogens is 350 g/mol. The molecule has 2 fully saturated rings. The third-order valence-corrected chi connectivity index (χ3v) is 7.08. The summed E-state index contributed by atoms with van der Waals surface area (Å²) in [6, 6.07) is 8.09. The van der Waals surface area contributed by atoms with E-state index >= 15 is 0 Å². The molecular formula is C23H35N3O2. The summed E-state index contributed by atoms with van der Waals surface area (Å²) in [7, 11) is 1.85. The number of hydrogen-bond acceptors (Lipinski definition) is 3. The van der Waals surface area contributed by atoms with Crippen LogP contribution in [-0.2, 0) is 7.05 Å². The van der Waals surface area contributed by atoms with Gasteiger partial charge in [0.25, 0.3) is 0 Å². The second kappa shape index (κ2) is 8.83. The van der Waals surface area contributed by atoms with E-state index in [0.29, 0.717) is 0 Å². The second-order valence-corrected chi connectivity index (χ2v) is 8.97. The molecule has 5 nitrogen and oxygen atoms in total. The zero-order valence-corrected chi connectivity index (χ0v) is 17.2. The molecule has 2 aromatic rings. The zero-order chi connectivity index (χ0) is 19.5. The number of piperidine rings is 1. The normalized spacial score (nSPS) is 25.6. The van der Waals surface area contributed by atoms with E-state index in [2.05, 4.69) is 4.90 Å². The summed E-state index contributed by atoms with van der Waals surface area (Å²) >= 11 is 0. The van der Waals surface area contributed by atoms with E-state index in [1.54, 1.807) is 4.57 Å². The Kier molecular flexibility index (Phi) is 6.22. The van der Waals surface area contributed by atoms with Crippen LogP contribution in [0.3, 0.4) is 0 Å². The number of likely N-dealkylation sites (tertiary alicyclic amines) is 1. The van der Waals surface area contributed by atoms with Crippen molar-refractivity contribution in [2.24, 2.45) is 18.9 Å². The van der Waals surface area contributed by atoms with Crippen LogP contribution in [0.15, 0.2) is 29.1 Å². The third-order valence-electron chi connectivity index (χ3n) is 7.08. The van der Waals surface area contributed by atoms with Gasteiger partial charge in [0.05, 0.1) is 11.0 Å². The topological polar surface area (TPSA) is 50.4 Å². The molecule has 2 atom stereocenters. The van der Waals surface area contributed by atoms with E-state index in [1.807, 2.05) is 35.9 Å². The van der Waals surface area contributed by atoms with Crippen molar-refractivity contribution in [2.45, 2.75) is 57.4 Å². The van der Waals surface area contributed by atoms with Crippen molar-refractivity contribution in [3.05, 3.63) is 34.7 Å². The fourth-order valence-electron chi connectivity index (χ4n) is 5.51. The van der Waals surface area contributed by atoms with Crippen LogP contribution in [0.4, 0.5) is 0 Å². The van der Waals surface area contributed by atoms with Crippen LogP contribution in [0.2, 0.25) is 0 Å². The third kappa shape index (κ3) is 3.92. The van der Waals surface area contributed by atoms with Crippen molar-refractivity contribution in [3.63, 3.8) is 0 Å². The number of aliphatic hydroxyl groups excluding tert-OH is 1. The van der Waals surface area contributed by atoms with Crippen molar-refractivity contribution in [1.29, 1.82) is 0 Å². The molecule has 0 radical (unpaired) electrons. The minimum atomic E-state index is 0.0399. The fourth-order valence-corrected chi connectivity index (χ4v) is 5.51. The predicted octanol–water partition coefficient (Wildman–Crippen LogP) is 3.56. The van der Waals surface area contributed by atoms with Gasteiger partial charge < -0.3 is 10.0 Å². The number of imidazole rings is 1. The Morgan fingerprint density at radius 2 is 1.68 bits per heavy atom. The van der Waals surface area contributed by atoms with Crippen molar-refractivity contribution >= 4 is 11.0 Å². The molecule has 1 aliphatic carbocycles. The van der Waals surface area contributed by atoms with Crippen molar-refractivity contribution < 1.29 is 5.11 Å². The predicted molar refractivity (Wildman–Crippen MR) is 114 cm³/mol. The van der Waals surface area contributed by atoms with Crippen LogP contribution in [0.25, 0.3) is 11.0 Å². The maximum absolute atomic E-state index is 12.9. The molecule has 1 aromatic heterocycles. The number of benzene rings is 1.